The van der Waals surface area contributed by atoms with Crippen molar-refractivity contribution >= 4 is 37.6 Å². The average molecular weight is 380 g/mol. The molecule has 0 bridgehead atoms. The zero-order chi connectivity index (χ0) is 13.5. The molecule has 0 unspecified atom stereocenters. The van der Waals surface area contributed by atoms with Gasteiger partial charge in [-0.3, -0.25) is 4.79 Å². The molecule has 3 heteroatoms. The van der Waals surface area contributed by atoms with E-state index >= 15 is 0 Å². The molecule has 0 N–H and O–H groups in total. The zero-order valence-electron chi connectivity index (χ0n) is 10.1. The van der Waals surface area contributed by atoms with Gasteiger partial charge in [0.25, 0.3) is 0 Å². The van der Waals surface area contributed by atoms with Crippen LogP contribution in [0.5, 0.6) is 0 Å². The Bertz CT molecular complexity index is 624. The number of rotatable bonds is 2. The van der Waals surface area contributed by atoms with E-state index in [0.717, 1.165) is 16.7 Å². The number of fused-ring (bicyclic) bond motifs is 1. The Balaban J connectivity index is 2.01. The van der Waals surface area contributed by atoms with Crippen molar-refractivity contribution in [2.75, 3.05) is 0 Å². The van der Waals surface area contributed by atoms with Crippen LogP contribution < -0.4 is 0 Å². The fraction of sp³-hybridized carbons (Fsp3) is 0.188. The number of ketones is 1. The average Bonchev–Trinajstić information content (AvgIpc) is 2.72. The third kappa shape index (κ3) is 2.09. The summed E-state index contributed by atoms with van der Waals surface area (Å²) in [7, 11) is 0. The van der Waals surface area contributed by atoms with Crippen LogP contribution in [0.15, 0.2) is 54.6 Å². The summed E-state index contributed by atoms with van der Waals surface area (Å²) in [5.41, 5.74) is 3.06. The highest BCUT2D eigenvalue weighted by Gasteiger charge is 2.48. The second-order valence-electron chi connectivity index (χ2n) is 4.80. The Kier molecular flexibility index (Phi) is 3.35. The van der Waals surface area contributed by atoms with Gasteiger partial charge in [-0.25, -0.2) is 0 Å². The van der Waals surface area contributed by atoms with Crippen molar-refractivity contribution in [1.29, 1.82) is 0 Å². The van der Waals surface area contributed by atoms with Gasteiger partial charge in [-0.2, -0.15) is 0 Å². The van der Waals surface area contributed by atoms with Crippen LogP contribution in [-0.2, 0) is 6.42 Å². The van der Waals surface area contributed by atoms with Crippen molar-refractivity contribution in [3.8, 4) is 0 Å². The predicted molar refractivity (Wildman–Crippen MR) is 84.2 cm³/mol. The lowest BCUT2D eigenvalue weighted by Crippen LogP contribution is -2.33. The molecule has 2 aromatic rings. The quantitative estimate of drug-likeness (QED) is 0.691. The van der Waals surface area contributed by atoms with Gasteiger partial charge in [0.05, 0.1) is 4.83 Å². The number of hydrogen-bond donors (Lipinski definition) is 0. The zero-order valence-corrected chi connectivity index (χ0v) is 13.3. The molecule has 0 amide bonds. The highest BCUT2D eigenvalue weighted by atomic mass is 79.9. The molecule has 0 aliphatic heterocycles. The first-order chi connectivity index (χ1) is 9.13. The Morgan fingerprint density at radius 3 is 2.32 bits per heavy atom. The van der Waals surface area contributed by atoms with Crippen LogP contribution in [-0.4, -0.2) is 10.1 Å². The minimum Gasteiger partial charge on any atom is -0.293 e. The van der Waals surface area contributed by atoms with Crippen LogP contribution in [0.1, 0.15) is 26.3 Å². The molecule has 0 spiro atoms. The fourth-order valence-electron chi connectivity index (χ4n) is 2.57. The summed E-state index contributed by atoms with van der Waals surface area (Å²) >= 11 is 7.40. The molecule has 0 radical (unpaired) electrons. The molecule has 1 aliphatic rings. The van der Waals surface area contributed by atoms with Crippen molar-refractivity contribution in [2.24, 2.45) is 0 Å². The van der Waals surface area contributed by atoms with Crippen LogP contribution in [0.25, 0.3) is 0 Å². The lowest BCUT2D eigenvalue weighted by Gasteiger charge is -2.26. The SMILES string of the molecule is O=C1c2ccccc2C[C@]1(Br)[C@H](Br)c1ccccc1. The van der Waals surface area contributed by atoms with E-state index in [9.17, 15) is 4.79 Å². The lowest BCUT2D eigenvalue weighted by molar-refractivity contribution is 0.0960. The van der Waals surface area contributed by atoms with E-state index in [1.165, 1.54) is 0 Å². The summed E-state index contributed by atoms with van der Waals surface area (Å²) in [6.07, 6.45) is 0.715. The van der Waals surface area contributed by atoms with E-state index in [-0.39, 0.29) is 10.6 Å². The molecule has 0 fully saturated rings. The molecular formula is C16H12Br2O. The van der Waals surface area contributed by atoms with Crippen LogP contribution in [0.2, 0.25) is 0 Å². The summed E-state index contributed by atoms with van der Waals surface area (Å²) in [6, 6.07) is 17.9. The highest BCUT2D eigenvalue weighted by molar-refractivity contribution is 9.12. The van der Waals surface area contributed by atoms with Crippen molar-refractivity contribution < 1.29 is 4.79 Å². The third-order valence-corrected chi connectivity index (χ3v) is 6.60. The summed E-state index contributed by atoms with van der Waals surface area (Å²) in [5.74, 6) is 0.161. The summed E-state index contributed by atoms with van der Waals surface area (Å²) in [4.78, 5) is 12.6. The van der Waals surface area contributed by atoms with E-state index < -0.39 is 4.32 Å². The Hall–Kier alpha value is -0.930. The molecule has 1 aliphatic carbocycles. The van der Waals surface area contributed by atoms with Gasteiger partial charge in [-0.15, -0.1) is 0 Å². The van der Waals surface area contributed by atoms with Crippen molar-refractivity contribution in [2.45, 2.75) is 15.6 Å². The second-order valence-corrected chi connectivity index (χ2v) is 7.13. The van der Waals surface area contributed by atoms with Crippen molar-refractivity contribution in [3.63, 3.8) is 0 Å². The molecule has 2 aromatic carbocycles. The number of alkyl halides is 2. The summed E-state index contributed by atoms with van der Waals surface area (Å²) < 4.78 is -0.585. The Morgan fingerprint density at radius 1 is 1.00 bits per heavy atom. The van der Waals surface area contributed by atoms with Gasteiger partial charge in [0.1, 0.15) is 4.32 Å². The first-order valence-corrected chi connectivity index (χ1v) is 7.84. The third-order valence-electron chi connectivity index (χ3n) is 3.58. The van der Waals surface area contributed by atoms with E-state index in [4.69, 9.17) is 0 Å². The van der Waals surface area contributed by atoms with E-state index in [2.05, 4.69) is 31.9 Å². The maximum absolute atomic E-state index is 12.7. The standard InChI is InChI=1S/C16H12Br2O/c17-14(11-6-2-1-3-7-11)16(18)10-12-8-4-5-9-13(12)15(16)19/h1-9,14H,10H2/t14-,16+/m1/s1. The van der Waals surface area contributed by atoms with Gasteiger partial charge in [0.2, 0.25) is 0 Å². The molecule has 0 saturated carbocycles. The molecule has 0 saturated heterocycles. The minimum absolute atomic E-state index is 0.0406. The van der Waals surface area contributed by atoms with Crippen LogP contribution >= 0.6 is 31.9 Å². The lowest BCUT2D eigenvalue weighted by atomic mass is 9.95. The topological polar surface area (TPSA) is 17.1 Å². The smallest absolute Gasteiger partial charge is 0.181 e. The first kappa shape index (κ1) is 13.1. The number of carbonyl (C=O) groups excluding carboxylic acids is 1. The highest BCUT2D eigenvalue weighted by Crippen LogP contribution is 2.49. The molecule has 19 heavy (non-hydrogen) atoms. The van der Waals surface area contributed by atoms with Gasteiger partial charge in [0, 0.05) is 5.56 Å². The van der Waals surface area contributed by atoms with E-state index in [0.29, 0.717) is 6.42 Å². The maximum Gasteiger partial charge on any atom is 0.181 e. The monoisotopic (exact) mass is 378 g/mol. The van der Waals surface area contributed by atoms with Crippen molar-refractivity contribution in [1.82, 2.24) is 0 Å². The Labute approximate surface area is 129 Å². The van der Waals surface area contributed by atoms with Crippen LogP contribution in [0, 0.1) is 0 Å². The molecular weight excluding hydrogens is 368 g/mol. The number of hydrogen-bond acceptors (Lipinski definition) is 1. The fourth-order valence-corrected chi connectivity index (χ4v) is 4.02. The van der Waals surface area contributed by atoms with Gasteiger partial charge in [0.15, 0.2) is 5.78 Å². The number of halogens is 2. The van der Waals surface area contributed by atoms with Crippen molar-refractivity contribution in [3.05, 3.63) is 71.3 Å². The minimum atomic E-state index is -0.585. The van der Waals surface area contributed by atoms with Crippen LogP contribution in [0.3, 0.4) is 0 Å². The normalized spacial score (nSPS) is 23.2. The molecule has 0 aromatic heterocycles. The Morgan fingerprint density at radius 2 is 1.63 bits per heavy atom. The predicted octanol–water partition coefficient (Wildman–Crippen LogP) is 4.70. The maximum atomic E-state index is 12.7. The summed E-state index contributed by atoms with van der Waals surface area (Å²) in [5, 5.41) is 0. The largest absolute Gasteiger partial charge is 0.293 e. The van der Waals surface area contributed by atoms with Gasteiger partial charge < -0.3 is 0 Å². The molecule has 96 valence electrons. The number of Topliss-reactive ketones (excluding diaryl/α,β-unsaturated/α-hetero) is 1. The number of benzene rings is 2. The molecule has 2 atom stereocenters. The van der Waals surface area contributed by atoms with E-state index in [1.54, 1.807) is 0 Å². The molecule has 0 heterocycles. The molecule has 3 rings (SSSR count). The number of carbonyl (C=O) groups is 1. The summed E-state index contributed by atoms with van der Waals surface area (Å²) in [6.45, 7) is 0. The second kappa shape index (κ2) is 4.88. The van der Waals surface area contributed by atoms with Gasteiger partial charge in [-0.05, 0) is 17.5 Å². The molecule has 1 nitrogen and oxygen atoms in total. The van der Waals surface area contributed by atoms with Gasteiger partial charge >= 0.3 is 0 Å². The first-order valence-electron chi connectivity index (χ1n) is 6.13. The van der Waals surface area contributed by atoms with Gasteiger partial charge in [-0.1, -0.05) is 86.5 Å². The van der Waals surface area contributed by atoms with E-state index in [1.807, 2.05) is 54.6 Å². The van der Waals surface area contributed by atoms with Crippen LogP contribution in [0.4, 0.5) is 0 Å².